The van der Waals surface area contributed by atoms with Gasteiger partial charge in [-0.15, -0.1) is 0 Å². The van der Waals surface area contributed by atoms with Gasteiger partial charge in [0.05, 0.1) is 5.69 Å². The highest BCUT2D eigenvalue weighted by atomic mass is 19.1. The van der Waals surface area contributed by atoms with E-state index in [4.69, 9.17) is 4.74 Å². The first-order valence-corrected chi connectivity index (χ1v) is 7.51. The predicted molar refractivity (Wildman–Crippen MR) is 87.4 cm³/mol. The number of nitrogens with zero attached hydrogens (tertiary/aromatic N) is 1. The number of ether oxygens (including phenoxy) is 1. The van der Waals surface area contributed by atoms with Crippen molar-refractivity contribution in [2.24, 2.45) is 0 Å². The lowest BCUT2D eigenvalue weighted by molar-refractivity contribution is 0.0943. The second-order valence-corrected chi connectivity index (χ2v) is 5.11. The van der Waals surface area contributed by atoms with Crippen LogP contribution in [0.4, 0.5) is 14.5 Å². The normalized spacial score (nSPS) is 10.4. The van der Waals surface area contributed by atoms with Crippen molar-refractivity contribution in [1.82, 2.24) is 10.3 Å². The van der Waals surface area contributed by atoms with Crippen molar-refractivity contribution in [2.45, 2.75) is 6.42 Å². The van der Waals surface area contributed by atoms with Gasteiger partial charge in [0.1, 0.15) is 17.3 Å². The number of hydrogen-bond donors (Lipinski definition) is 2. The van der Waals surface area contributed by atoms with Gasteiger partial charge in [0.15, 0.2) is 0 Å². The van der Waals surface area contributed by atoms with Gasteiger partial charge in [0, 0.05) is 38.1 Å². The van der Waals surface area contributed by atoms with Crippen LogP contribution in [0.5, 0.6) is 0 Å². The van der Waals surface area contributed by atoms with E-state index < -0.39 is 23.4 Å². The molecule has 0 saturated carbocycles. The third kappa shape index (κ3) is 5.32. The van der Waals surface area contributed by atoms with Gasteiger partial charge in [-0.3, -0.25) is 14.6 Å². The van der Waals surface area contributed by atoms with Gasteiger partial charge >= 0.3 is 0 Å². The van der Waals surface area contributed by atoms with E-state index in [9.17, 15) is 18.4 Å². The van der Waals surface area contributed by atoms with E-state index in [0.29, 0.717) is 25.6 Å². The van der Waals surface area contributed by atoms with Crippen LogP contribution in [0, 0.1) is 11.6 Å². The zero-order chi connectivity index (χ0) is 18.2. The lowest BCUT2D eigenvalue weighted by atomic mass is 10.2. The standard InChI is InChI=1S/C17H17F2N3O3/c1-25-8-2-6-21-17(24)15-9-11(5-7-20-15)16(23)22-14-4-3-12(18)10-13(14)19/h3-5,7,9-10H,2,6,8H2,1H3,(H,21,24)(H,22,23). The summed E-state index contributed by atoms with van der Waals surface area (Å²) in [6.07, 6.45) is 1.95. The Morgan fingerprint density at radius 1 is 1.16 bits per heavy atom. The molecule has 2 aromatic rings. The Labute approximate surface area is 143 Å². The van der Waals surface area contributed by atoms with Crippen LogP contribution in [-0.2, 0) is 4.74 Å². The summed E-state index contributed by atoms with van der Waals surface area (Å²) in [4.78, 5) is 28.1. The Bertz CT molecular complexity index is 769. The maximum absolute atomic E-state index is 13.6. The third-order valence-corrected chi connectivity index (χ3v) is 3.24. The summed E-state index contributed by atoms with van der Waals surface area (Å²) in [6, 6.07) is 5.50. The molecule has 1 aromatic carbocycles. The average molecular weight is 349 g/mol. The number of carbonyl (C=O) groups is 2. The number of benzene rings is 1. The van der Waals surface area contributed by atoms with Crippen molar-refractivity contribution < 1.29 is 23.1 Å². The largest absolute Gasteiger partial charge is 0.385 e. The molecule has 0 aliphatic rings. The second kappa shape index (κ2) is 8.84. The number of anilines is 1. The number of amides is 2. The summed E-state index contributed by atoms with van der Waals surface area (Å²) in [5.41, 5.74) is 0.0270. The monoisotopic (exact) mass is 349 g/mol. The zero-order valence-corrected chi connectivity index (χ0v) is 13.5. The van der Waals surface area contributed by atoms with E-state index in [1.165, 1.54) is 18.3 Å². The Morgan fingerprint density at radius 3 is 2.68 bits per heavy atom. The first-order chi connectivity index (χ1) is 12.0. The minimum Gasteiger partial charge on any atom is -0.385 e. The third-order valence-electron chi connectivity index (χ3n) is 3.24. The average Bonchev–Trinajstić information content (AvgIpc) is 2.61. The van der Waals surface area contributed by atoms with Gasteiger partial charge in [-0.1, -0.05) is 0 Å². The summed E-state index contributed by atoms with van der Waals surface area (Å²) in [5, 5.41) is 4.97. The summed E-state index contributed by atoms with van der Waals surface area (Å²) >= 11 is 0. The van der Waals surface area contributed by atoms with Crippen LogP contribution in [0.1, 0.15) is 27.3 Å². The zero-order valence-electron chi connectivity index (χ0n) is 13.5. The molecule has 0 aliphatic heterocycles. The highest BCUT2D eigenvalue weighted by Crippen LogP contribution is 2.16. The Balaban J connectivity index is 2.04. The van der Waals surface area contributed by atoms with E-state index >= 15 is 0 Å². The topological polar surface area (TPSA) is 80.3 Å². The Kier molecular flexibility index (Phi) is 6.53. The molecule has 132 valence electrons. The predicted octanol–water partition coefficient (Wildman–Crippen LogP) is 2.38. The molecule has 0 spiro atoms. The first kappa shape index (κ1) is 18.5. The van der Waals surface area contributed by atoms with Crippen LogP contribution in [0.15, 0.2) is 36.5 Å². The fourth-order valence-corrected chi connectivity index (χ4v) is 1.99. The number of pyridine rings is 1. The molecule has 0 radical (unpaired) electrons. The minimum atomic E-state index is -0.890. The van der Waals surface area contributed by atoms with E-state index in [0.717, 1.165) is 12.1 Å². The molecule has 0 aliphatic carbocycles. The van der Waals surface area contributed by atoms with Gasteiger partial charge in [-0.25, -0.2) is 8.78 Å². The Hall–Kier alpha value is -2.87. The molecule has 8 heteroatoms. The van der Waals surface area contributed by atoms with Crippen LogP contribution in [0.3, 0.4) is 0 Å². The van der Waals surface area contributed by atoms with Gasteiger partial charge in [0.25, 0.3) is 11.8 Å². The van der Waals surface area contributed by atoms with Crippen molar-refractivity contribution in [2.75, 3.05) is 25.6 Å². The van der Waals surface area contributed by atoms with Crippen LogP contribution in [-0.4, -0.2) is 37.1 Å². The number of carbonyl (C=O) groups excluding carboxylic acids is 2. The number of halogens is 2. The highest BCUT2D eigenvalue weighted by molar-refractivity contribution is 6.05. The number of hydrogen-bond acceptors (Lipinski definition) is 4. The van der Waals surface area contributed by atoms with Crippen molar-refractivity contribution in [3.63, 3.8) is 0 Å². The van der Waals surface area contributed by atoms with Gasteiger partial charge in [0.2, 0.25) is 0 Å². The molecule has 1 heterocycles. The van der Waals surface area contributed by atoms with Crippen molar-refractivity contribution in [3.8, 4) is 0 Å². The fraction of sp³-hybridized carbons (Fsp3) is 0.235. The molecular weight excluding hydrogens is 332 g/mol. The van der Waals surface area contributed by atoms with Crippen LogP contribution >= 0.6 is 0 Å². The number of nitrogens with one attached hydrogen (secondary N) is 2. The van der Waals surface area contributed by atoms with Crippen LogP contribution in [0.2, 0.25) is 0 Å². The lowest BCUT2D eigenvalue weighted by Gasteiger charge is -2.08. The van der Waals surface area contributed by atoms with E-state index in [1.54, 1.807) is 7.11 Å². The second-order valence-electron chi connectivity index (χ2n) is 5.11. The molecule has 25 heavy (non-hydrogen) atoms. The highest BCUT2D eigenvalue weighted by Gasteiger charge is 2.13. The molecule has 0 bridgehead atoms. The number of methoxy groups -OCH3 is 1. The first-order valence-electron chi connectivity index (χ1n) is 7.51. The molecule has 0 saturated heterocycles. The van der Waals surface area contributed by atoms with E-state index in [-0.39, 0.29) is 16.9 Å². The minimum absolute atomic E-state index is 0.0599. The molecular formula is C17H17F2N3O3. The van der Waals surface area contributed by atoms with Crippen LogP contribution < -0.4 is 10.6 Å². The fourth-order valence-electron chi connectivity index (χ4n) is 1.99. The molecule has 2 N–H and O–H groups in total. The van der Waals surface area contributed by atoms with Gasteiger partial charge in [-0.2, -0.15) is 0 Å². The molecule has 6 nitrogen and oxygen atoms in total. The summed E-state index contributed by atoms with van der Waals surface area (Å²) < 4.78 is 31.4. The molecule has 0 fully saturated rings. The van der Waals surface area contributed by atoms with Crippen molar-refractivity contribution >= 4 is 17.5 Å². The summed E-state index contributed by atoms with van der Waals surface area (Å²) in [5.74, 6) is -2.70. The maximum atomic E-state index is 13.6. The van der Waals surface area contributed by atoms with E-state index in [2.05, 4.69) is 15.6 Å². The molecule has 0 unspecified atom stereocenters. The van der Waals surface area contributed by atoms with Gasteiger partial charge < -0.3 is 15.4 Å². The molecule has 0 atom stereocenters. The van der Waals surface area contributed by atoms with Crippen molar-refractivity contribution in [1.29, 1.82) is 0 Å². The summed E-state index contributed by atoms with van der Waals surface area (Å²) in [6.45, 7) is 0.922. The number of aromatic nitrogens is 1. The molecule has 2 rings (SSSR count). The SMILES string of the molecule is COCCCNC(=O)c1cc(C(=O)Nc2ccc(F)cc2F)ccn1. The van der Waals surface area contributed by atoms with Gasteiger partial charge in [-0.05, 0) is 30.7 Å². The molecule has 1 aromatic heterocycles. The smallest absolute Gasteiger partial charge is 0.269 e. The maximum Gasteiger partial charge on any atom is 0.269 e. The van der Waals surface area contributed by atoms with E-state index in [1.807, 2.05) is 0 Å². The van der Waals surface area contributed by atoms with Crippen molar-refractivity contribution in [3.05, 3.63) is 59.4 Å². The lowest BCUT2D eigenvalue weighted by Crippen LogP contribution is -2.26. The quantitative estimate of drug-likeness (QED) is 0.752. The van der Waals surface area contributed by atoms with Crippen LogP contribution in [0.25, 0.3) is 0 Å². The molecule has 2 amide bonds. The number of rotatable bonds is 7. The summed E-state index contributed by atoms with van der Waals surface area (Å²) in [7, 11) is 1.56. The Morgan fingerprint density at radius 2 is 1.96 bits per heavy atom.